The SMILES string of the molecule is CCN(CC)S(=O)(=O)c1cccc(C(=O)O[C@@H](C)c2nc3ccccc3c(=O)[nH]2)c1. The molecule has 0 amide bonds. The minimum atomic E-state index is -3.70. The molecule has 3 aromatic rings. The second-order valence-corrected chi connectivity index (χ2v) is 8.57. The van der Waals surface area contributed by atoms with Gasteiger partial charge in [-0.3, -0.25) is 4.79 Å². The lowest BCUT2D eigenvalue weighted by atomic mass is 10.2. The highest BCUT2D eigenvalue weighted by atomic mass is 32.2. The van der Waals surface area contributed by atoms with Gasteiger partial charge in [-0.1, -0.05) is 32.0 Å². The summed E-state index contributed by atoms with van der Waals surface area (Å²) < 4.78 is 32.1. The minimum absolute atomic E-state index is 0.0190. The van der Waals surface area contributed by atoms with Gasteiger partial charge in [-0.25, -0.2) is 18.2 Å². The van der Waals surface area contributed by atoms with Gasteiger partial charge < -0.3 is 9.72 Å². The molecule has 158 valence electrons. The first-order valence-electron chi connectivity index (χ1n) is 9.58. The molecule has 0 unspecified atom stereocenters. The third-order valence-electron chi connectivity index (χ3n) is 4.71. The van der Waals surface area contributed by atoms with Crippen molar-refractivity contribution in [3.8, 4) is 0 Å². The predicted molar refractivity (Wildman–Crippen MR) is 113 cm³/mol. The van der Waals surface area contributed by atoms with Crippen LogP contribution in [0.5, 0.6) is 0 Å². The molecule has 0 spiro atoms. The molecule has 0 aliphatic rings. The average molecular weight is 429 g/mol. The summed E-state index contributed by atoms with van der Waals surface area (Å²) in [6.07, 6.45) is -0.835. The first-order chi connectivity index (χ1) is 14.3. The van der Waals surface area contributed by atoms with E-state index in [9.17, 15) is 18.0 Å². The number of hydrogen-bond acceptors (Lipinski definition) is 6. The number of esters is 1. The molecule has 2 aromatic carbocycles. The van der Waals surface area contributed by atoms with Crippen molar-refractivity contribution < 1.29 is 17.9 Å². The zero-order valence-electron chi connectivity index (χ0n) is 17.0. The number of aromatic amines is 1. The molecule has 1 N–H and O–H groups in total. The lowest BCUT2D eigenvalue weighted by molar-refractivity contribution is 0.0319. The van der Waals surface area contributed by atoms with Gasteiger partial charge in [0, 0.05) is 13.1 Å². The maximum atomic E-state index is 12.7. The minimum Gasteiger partial charge on any atom is -0.451 e. The van der Waals surface area contributed by atoms with Crippen LogP contribution in [0.1, 0.15) is 43.1 Å². The summed E-state index contributed by atoms with van der Waals surface area (Å²) in [7, 11) is -3.70. The van der Waals surface area contributed by atoms with Crippen LogP contribution in [0.3, 0.4) is 0 Å². The molecule has 0 radical (unpaired) electrons. The number of carbonyl (C=O) groups is 1. The van der Waals surface area contributed by atoms with Crippen LogP contribution < -0.4 is 5.56 Å². The highest BCUT2D eigenvalue weighted by Crippen LogP contribution is 2.20. The molecular formula is C21H23N3O5S. The largest absolute Gasteiger partial charge is 0.451 e. The zero-order valence-corrected chi connectivity index (χ0v) is 17.8. The van der Waals surface area contributed by atoms with Gasteiger partial charge in [-0.15, -0.1) is 0 Å². The van der Waals surface area contributed by atoms with Crippen LogP contribution in [0.15, 0.2) is 58.2 Å². The Morgan fingerprint density at radius 1 is 1.13 bits per heavy atom. The molecular weight excluding hydrogens is 406 g/mol. The molecule has 0 fully saturated rings. The first-order valence-corrected chi connectivity index (χ1v) is 11.0. The first kappa shape index (κ1) is 21.7. The predicted octanol–water partition coefficient (Wildman–Crippen LogP) is 2.87. The topological polar surface area (TPSA) is 109 Å². The number of hydrogen-bond donors (Lipinski definition) is 1. The molecule has 0 aliphatic carbocycles. The van der Waals surface area contributed by atoms with E-state index in [1.165, 1.54) is 28.6 Å². The fourth-order valence-corrected chi connectivity index (χ4v) is 4.58. The van der Waals surface area contributed by atoms with Crippen molar-refractivity contribution in [2.24, 2.45) is 0 Å². The normalized spacial score (nSPS) is 12.8. The van der Waals surface area contributed by atoms with E-state index in [1.807, 2.05) is 0 Å². The van der Waals surface area contributed by atoms with Crippen molar-refractivity contribution in [2.75, 3.05) is 13.1 Å². The molecule has 8 nitrogen and oxygen atoms in total. The average Bonchev–Trinajstić information content (AvgIpc) is 2.74. The van der Waals surface area contributed by atoms with Crippen LogP contribution in [0.25, 0.3) is 10.9 Å². The number of benzene rings is 2. The summed E-state index contributed by atoms with van der Waals surface area (Å²) in [5, 5.41) is 0.439. The summed E-state index contributed by atoms with van der Waals surface area (Å²) in [4.78, 5) is 31.8. The Kier molecular flexibility index (Phi) is 6.33. The Balaban J connectivity index is 1.85. The van der Waals surface area contributed by atoms with Gasteiger partial charge in [0.2, 0.25) is 10.0 Å². The highest BCUT2D eigenvalue weighted by molar-refractivity contribution is 7.89. The van der Waals surface area contributed by atoms with Gasteiger partial charge in [0.05, 0.1) is 21.4 Å². The Labute approximate surface area is 174 Å². The van der Waals surface area contributed by atoms with E-state index in [2.05, 4.69) is 9.97 Å². The molecule has 0 bridgehead atoms. The van der Waals surface area contributed by atoms with Crippen molar-refractivity contribution in [1.29, 1.82) is 0 Å². The number of sulfonamides is 1. The zero-order chi connectivity index (χ0) is 21.9. The second kappa shape index (κ2) is 8.76. The Morgan fingerprint density at radius 2 is 1.83 bits per heavy atom. The summed E-state index contributed by atoms with van der Waals surface area (Å²) in [5.74, 6) is -0.506. The van der Waals surface area contributed by atoms with Gasteiger partial charge in [0.15, 0.2) is 11.9 Å². The van der Waals surface area contributed by atoms with Gasteiger partial charge in [0.1, 0.15) is 0 Å². The maximum Gasteiger partial charge on any atom is 0.338 e. The molecule has 0 saturated heterocycles. The summed E-state index contributed by atoms with van der Waals surface area (Å²) in [5.41, 5.74) is 0.260. The third-order valence-corrected chi connectivity index (χ3v) is 6.76. The molecule has 1 atom stereocenters. The number of nitrogens with zero attached hydrogens (tertiary/aromatic N) is 2. The fourth-order valence-electron chi connectivity index (χ4n) is 3.08. The van der Waals surface area contributed by atoms with E-state index in [4.69, 9.17) is 4.74 Å². The lowest BCUT2D eigenvalue weighted by Gasteiger charge is -2.19. The van der Waals surface area contributed by atoms with E-state index in [-0.39, 0.29) is 21.8 Å². The number of H-pyrrole nitrogens is 1. The lowest BCUT2D eigenvalue weighted by Crippen LogP contribution is -2.30. The number of carbonyl (C=O) groups excluding carboxylic acids is 1. The number of fused-ring (bicyclic) bond motifs is 1. The van der Waals surface area contributed by atoms with Crippen LogP contribution in [-0.4, -0.2) is 41.7 Å². The molecule has 1 heterocycles. The number of ether oxygens (including phenoxy) is 1. The van der Waals surface area contributed by atoms with E-state index in [0.717, 1.165) is 0 Å². The summed E-state index contributed by atoms with van der Waals surface area (Å²) >= 11 is 0. The standard InChI is InChI=1S/C21H23N3O5S/c1-4-24(5-2)30(27,28)16-10-8-9-15(13-16)21(26)29-14(3)19-22-18-12-7-6-11-17(18)20(25)23-19/h6-14H,4-5H2,1-3H3,(H,22,23,25)/t14-/m0/s1. The molecule has 1 aromatic heterocycles. The highest BCUT2D eigenvalue weighted by Gasteiger charge is 2.24. The smallest absolute Gasteiger partial charge is 0.338 e. The van der Waals surface area contributed by atoms with Crippen molar-refractivity contribution in [3.05, 3.63) is 70.3 Å². The van der Waals surface area contributed by atoms with E-state index >= 15 is 0 Å². The van der Waals surface area contributed by atoms with Crippen molar-refractivity contribution in [2.45, 2.75) is 31.8 Å². The molecule has 0 aliphatic heterocycles. The monoisotopic (exact) mass is 429 g/mol. The van der Waals surface area contributed by atoms with Crippen molar-refractivity contribution >= 4 is 26.9 Å². The fraction of sp³-hybridized carbons (Fsp3) is 0.286. The molecule has 3 rings (SSSR count). The van der Waals surface area contributed by atoms with Gasteiger partial charge in [-0.05, 0) is 37.3 Å². The number of rotatable bonds is 7. The maximum absolute atomic E-state index is 12.7. The van der Waals surface area contributed by atoms with Crippen LogP contribution in [-0.2, 0) is 14.8 Å². The van der Waals surface area contributed by atoms with Crippen LogP contribution >= 0.6 is 0 Å². The van der Waals surface area contributed by atoms with Gasteiger partial charge >= 0.3 is 5.97 Å². The quantitative estimate of drug-likeness (QED) is 0.579. The number of para-hydroxylation sites is 1. The van der Waals surface area contributed by atoms with Crippen LogP contribution in [0.2, 0.25) is 0 Å². The van der Waals surface area contributed by atoms with Crippen LogP contribution in [0.4, 0.5) is 0 Å². The Bertz CT molecular complexity index is 1230. The van der Waals surface area contributed by atoms with E-state index in [1.54, 1.807) is 45.0 Å². The van der Waals surface area contributed by atoms with Gasteiger partial charge in [0.25, 0.3) is 5.56 Å². The summed E-state index contributed by atoms with van der Waals surface area (Å²) in [6, 6.07) is 12.6. The third kappa shape index (κ3) is 4.27. The number of aromatic nitrogens is 2. The Morgan fingerprint density at radius 3 is 2.53 bits per heavy atom. The van der Waals surface area contributed by atoms with E-state index < -0.39 is 22.1 Å². The van der Waals surface area contributed by atoms with Crippen LogP contribution in [0, 0.1) is 0 Å². The summed E-state index contributed by atoms with van der Waals surface area (Å²) in [6.45, 7) is 5.73. The van der Waals surface area contributed by atoms with E-state index in [0.29, 0.717) is 24.0 Å². The van der Waals surface area contributed by atoms with Crippen molar-refractivity contribution in [3.63, 3.8) is 0 Å². The molecule has 9 heteroatoms. The van der Waals surface area contributed by atoms with Crippen molar-refractivity contribution in [1.82, 2.24) is 14.3 Å². The number of nitrogens with one attached hydrogen (secondary N) is 1. The van der Waals surface area contributed by atoms with Gasteiger partial charge in [-0.2, -0.15) is 4.31 Å². The Hall–Kier alpha value is -3.04. The molecule has 0 saturated carbocycles. The molecule has 30 heavy (non-hydrogen) atoms. The second-order valence-electron chi connectivity index (χ2n) is 6.63.